The van der Waals surface area contributed by atoms with Gasteiger partial charge in [-0.15, -0.1) is 0 Å². The molecule has 4 heteroatoms. The van der Waals surface area contributed by atoms with Crippen LogP contribution in [0, 0.1) is 0 Å². The van der Waals surface area contributed by atoms with Crippen LogP contribution in [-0.4, -0.2) is 49.3 Å². The van der Waals surface area contributed by atoms with Gasteiger partial charge in [-0.2, -0.15) is 0 Å². The van der Waals surface area contributed by atoms with Crippen LogP contribution in [0.4, 0.5) is 0 Å². The van der Waals surface area contributed by atoms with E-state index in [4.69, 9.17) is 9.15 Å². The van der Waals surface area contributed by atoms with Crippen molar-refractivity contribution < 1.29 is 9.15 Å². The number of morpholine rings is 1. The second-order valence-electron chi connectivity index (χ2n) is 5.45. The highest BCUT2D eigenvalue weighted by molar-refractivity contribution is 5.02. The predicted molar refractivity (Wildman–Crippen MR) is 76.3 cm³/mol. The summed E-state index contributed by atoms with van der Waals surface area (Å²) in [5.41, 5.74) is 0. The summed E-state index contributed by atoms with van der Waals surface area (Å²) < 4.78 is 11.4. The summed E-state index contributed by atoms with van der Waals surface area (Å²) in [7, 11) is 0. The average Bonchev–Trinajstić information content (AvgIpc) is 2.91. The van der Waals surface area contributed by atoms with Crippen molar-refractivity contribution in [3.63, 3.8) is 0 Å². The Morgan fingerprint density at radius 1 is 1.47 bits per heavy atom. The van der Waals surface area contributed by atoms with E-state index in [0.717, 1.165) is 38.4 Å². The van der Waals surface area contributed by atoms with Gasteiger partial charge in [0.1, 0.15) is 5.76 Å². The number of ether oxygens (including phenoxy) is 1. The Morgan fingerprint density at radius 3 is 2.95 bits per heavy atom. The molecule has 4 nitrogen and oxygen atoms in total. The van der Waals surface area contributed by atoms with Crippen LogP contribution in [0.15, 0.2) is 22.8 Å². The summed E-state index contributed by atoms with van der Waals surface area (Å²) >= 11 is 0. The first kappa shape index (κ1) is 14.6. The number of likely N-dealkylation sites (N-methyl/N-ethyl adjacent to an activating group) is 1. The van der Waals surface area contributed by atoms with Gasteiger partial charge in [0.15, 0.2) is 0 Å². The molecular weight excluding hydrogens is 240 g/mol. The summed E-state index contributed by atoms with van der Waals surface area (Å²) in [6.45, 7) is 10.4. The number of hydrogen-bond acceptors (Lipinski definition) is 4. The average molecular weight is 266 g/mol. The maximum Gasteiger partial charge on any atom is 0.105 e. The molecule has 0 spiro atoms. The molecule has 19 heavy (non-hydrogen) atoms. The van der Waals surface area contributed by atoms with Crippen molar-refractivity contribution in [2.75, 3.05) is 26.2 Å². The van der Waals surface area contributed by atoms with E-state index < -0.39 is 0 Å². The third-order valence-corrected chi connectivity index (χ3v) is 3.77. The first-order valence-electron chi connectivity index (χ1n) is 7.32. The van der Waals surface area contributed by atoms with Gasteiger partial charge in [0.25, 0.3) is 0 Å². The first-order chi connectivity index (χ1) is 9.20. The summed E-state index contributed by atoms with van der Waals surface area (Å²) in [6.07, 6.45) is 2.86. The Balaban J connectivity index is 1.97. The Kier molecular flexibility index (Phi) is 5.43. The highest BCUT2D eigenvalue weighted by atomic mass is 16.5. The zero-order valence-electron chi connectivity index (χ0n) is 12.3. The summed E-state index contributed by atoms with van der Waals surface area (Å²) in [5, 5.41) is 3.54. The van der Waals surface area contributed by atoms with Gasteiger partial charge in [-0.1, -0.05) is 6.92 Å². The predicted octanol–water partition coefficient (Wildman–Crippen LogP) is 1.91. The van der Waals surface area contributed by atoms with E-state index in [0.29, 0.717) is 12.1 Å². The quantitative estimate of drug-likeness (QED) is 0.853. The highest BCUT2D eigenvalue weighted by Crippen LogP contribution is 2.15. The van der Waals surface area contributed by atoms with Crippen LogP contribution in [0.1, 0.15) is 26.5 Å². The van der Waals surface area contributed by atoms with Gasteiger partial charge in [0.2, 0.25) is 0 Å². The van der Waals surface area contributed by atoms with Gasteiger partial charge in [0, 0.05) is 31.6 Å². The van der Waals surface area contributed by atoms with Gasteiger partial charge in [-0.25, -0.2) is 0 Å². The van der Waals surface area contributed by atoms with Gasteiger partial charge in [-0.3, -0.25) is 4.90 Å². The van der Waals surface area contributed by atoms with Crippen LogP contribution < -0.4 is 5.32 Å². The minimum Gasteiger partial charge on any atom is -0.469 e. The van der Waals surface area contributed by atoms with E-state index in [-0.39, 0.29) is 6.10 Å². The molecule has 108 valence electrons. The Morgan fingerprint density at radius 2 is 2.32 bits per heavy atom. The summed E-state index contributed by atoms with van der Waals surface area (Å²) in [6, 6.07) is 4.88. The molecule has 0 amide bonds. The van der Waals surface area contributed by atoms with Crippen molar-refractivity contribution in [3.05, 3.63) is 24.2 Å². The molecule has 2 unspecified atom stereocenters. The minimum absolute atomic E-state index is 0.237. The molecule has 1 aliphatic rings. The zero-order valence-corrected chi connectivity index (χ0v) is 12.3. The molecule has 1 aromatic rings. The number of nitrogens with one attached hydrogen (secondary N) is 1. The molecule has 1 aromatic heterocycles. The second-order valence-corrected chi connectivity index (χ2v) is 5.45. The van der Waals surface area contributed by atoms with Crippen LogP contribution >= 0.6 is 0 Å². The third kappa shape index (κ3) is 4.06. The van der Waals surface area contributed by atoms with Crippen LogP contribution in [0.3, 0.4) is 0 Å². The molecule has 0 aromatic carbocycles. The number of rotatable bonds is 6. The molecule has 0 aliphatic carbocycles. The van der Waals surface area contributed by atoms with Crippen LogP contribution in [0.25, 0.3) is 0 Å². The second kappa shape index (κ2) is 7.08. The fourth-order valence-electron chi connectivity index (χ4n) is 2.65. The monoisotopic (exact) mass is 266 g/mol. The number of hydrogen-bond donors (Lipinski definition) is 1. The lowest BCUT2D eigenvalue weighted by Gasteiger charge is -2.39. The fraction of sp³-hybridized carbons (Fsp3) is 0.733. The Labute approximate surface area is 116 Å². The van der Waals surface area contributed by atoms with Crippen molar-refractivity contribution in [2.24, 2.45) is 0 Å². The van der Waals surface area contributed by atoms with Gasteiger partial charge < -0.3 is 14.5 Å². The molecule has 0 saturated carbocycles. The topological polar surface area (TPSA) is 37.6 Å². The number of nitrogens with zero attached hydrogens (tertiary/aromatic N) is 1. The normalized spacial score (nSPS) is 22.8. The van der Waals surface area contributed by atoms with Gasteiger partial charge in [-0.05, 0) is 32.5 Å². The van der Waals surface area contributed by atoms with E-state index in [2.05, 4.69) is 31.0 Å². The van der Waals surface area contributed by atoms with Crippen molar-refractivity contribution in [3.8, 4) is 0 Å². The van der Waals surface area contributed by atoms with E-state index >= 15 is 0 Å². The Bertz CT molecular complexity index is 351. The molecule has 2 heterocycles. The lowest BCUT2D eigenvalue weighted by Crippen LogP contribution is -2.54. The van der Waals surface area contributed by atoms with Crippen LogP contribution in [-0.2, 0) is 11.2 Å². The molecular formula is C15H26N2O2. The van der Waals surface area contributed by atoms with Crippen molar-refractivity contribution in [1.29, 1.82) is 0 Å². The minimum atomic E-state index is 0.237. The standard InChI is InChI=1S/C15H26N2O2/c1-4-16-14(10-13-6-5-8-18-13)15-11-17(12(2)3)7-9-19-15/h5-6,8,12,14-16H,4,7,9-11H2,1-3H3. The van der Waals surface area contributed by atoms with Crippen molar-refractivity contribution in [2.45, 2.75) is 45.4 Å². The Hall–Kier alpha value is -0.840. The summed E-state index contributed by atoms with van der Waals surface area (Å²) in [4.78, 5) is 2.49. The van der Waals surface area contributed by atoms with Gasteiger partial charge >= 0.3 is 0 Å². The van der Waals surface area contributed by atoms with Crippen molar-refractivity contribution in [1.82, 2.24) is 10.2 Å². The van der Waals surface area contributed by atoms with E-state index in [9.17, 15) is 0 Å². The van der Waals surface area contributed by atoms with Gasteiger partial charge in [0.05, 0.1) is 19.0 Å². The van der Waals surface area contributed by atoms with E-state index in [1.54, 1.807) is 6.26 Å². The molecule has 2 rings (SSSR count). The maximum atomic E-state index is 5.98. The third-order valence-electron chi connectivity index (χ3n) is 3.77. The smallest absolute Gasteiger partial charge is 0.105 e. The highest BCUT2D eigenvalue weighted by Gasteiger charge is 2.29. The molecule has 1 aliphatic heterocycles. The van der Waals surface area contributed by atoms with Crippen LogP contribution in [0.2, 0.25) is 0 Å². The molecule has 1 fully saturated rings. The maximum absolute atomic E-state index is 5.98. The van der Waals surface area contributed by atoms with Crippen molar-refractivity contribution >= 4 is 0 Å². The summed E-state index contributed by atoms with van der Waals surface area (Å²) in [5.74, 6) is 1.02. The van der Waals surface area contributed by atoms with E-state index in [1.165, 1.54) is 0 Å². The molecule has 0 bridgehead atoms. The molecule has 1 saturated heterocycles. The molecule has 2 atom stereocenters. The largest absolute Gasteiger partial charge is 0.469 e. The first-order valence-corrected chi connectivity index (χ1v) is 7.32. The fourth-order valence-corrected chi connectivity index (χ4v) is 2.65. The number of furan rings is 1. The molecule has 1 N–H and O–H groups in total. The molecule has 0 radical (unpaired) electrons. The zero-order chi connectivity index (χ0) is 13.7. The SMILES string of the molecule is CCNC(Cc1ccco1)C1CN(C(C)C)CCO1. The lowest BCUT2D eigenvalue weighted by atomic mass is 10.0. The van der Waals surface area contributed by atoms with Crippen LogP contribution in [0.5, 0.6) is 0 Å². The lowest BCUT2D eigenvalue weighted by molar-refractivity contribution is -0.0556. The van der Waals surface area contributed by atoms with E-state index in [1.807, 2.05) is 12.1 Å².